The van der Waals surface area contributed by atoms with Gasteiger partial charge in [0.05, 0.1) is 5.52 Å². The Morgan fingerprint density at radius 1 is 0.886 bits per heavy atom. The zero-order valence-corrected chi connectivity index (χ0v) is 20.7. The Bertz CT molecular complexity index is 1180. The van der Waals surface area contributed by atoms with Crippen LogP contribution in [0.2, 0.25) is 0 Å². The molecule has 0 spiro atoms. The smallest absolute Gasteiger partial charge is 0.253 e. The fraction of sp³-hybridized carbons (Fsp3) is 0.433. The Balaban J connectivity index is 1.18. The SMILES string of the molecule is CC1(C(=O)N2CCC[C@@H](Cc3cccc4cccnc34)CC2)CCN(C(=O)c2ccccc2)CC1. The molecule has 0 unspecified atom stereocenters. The Labute approximate surface area is 208 Å². The van der Waals surface area contributed by atoms with Crippen LogP contribution in [0.15, 0.2) is 66.9 Å². The number of piperidine rings is 1. The number of aromatic nitrogens is 1. The van der Waals surface area contributed by atoms with Crippen LogP contribution in [0.1, 0.15) is 54.9 Å². The molecule has 2 fully saturated rings. The highest BCUT2D eigenvalue weighted by molar-refractivity contribution is 5.94. The molecule has 0 saturated carbocycles. The average molecular weight is 470 g/mol. The Morgan fingerprint density at radius 3 is 2.46 bits per heavy atom. The van der Waals surface area contributed by atoms with Gasteiger partial charge in [-0.05, 0) is 68.2 Å². The molecule has 35 heavy (non-hydrogen) atoms. The first kappa shape index (κ1) is 23.5. The molecule has 2 saturated heterocycles. The van der Waals surface area contributed by atoms with E-state index in [1.165, 1.54) is 10.9 Å². The van der Waals surface area contributed by atoms with Gasteiger partial charge >= 0.3 is 0 Å². The molecule has 2 aliphatic heterocycles. The van der Waals surface area contributed by atoms with E-state index in [0.717, 1.165) is 62.7 Å². The molecule has 0 bridgehead atoms. The van der Waals surface area contributed by atoms with Gasteiger partial charge < -0.3 is 9.80 Å². The highest BCUT2D eigenvalue weighted by Crippen LogP contribution is 2.35. The summed E-state index contributed by atoms with van der Waals surface area (Å²) in [5, 5.41) is 1.19. The van der Waals surface area contributed by atoms with Crippen LogP contribution in [0.3, 0.4) is 0 Å². The van der Waals surface area contributed by atoms with Gasteiger partial charge in [0.15, 0.2) is 0 Å². The van der Waals surface area contributed by atoms with Crippen molar-refractivity contribution in [2.45, 2.75) is 45.4 Å². The maximum absolute atomic E-state index is 13.6. The third-order valence-electron chi connectivity index (χ3n) is 8.05. The zero-order valence-electron chi connectivity index (χ0n) is 20.7. The topological polar surface area (TPSA) is 53.5 Å². The molecule has 2 aromatic carbocycles. The highest BCUT2D eigenvalue weighted by atomic mass is 16.2. The second-order valence-corrected chi connectivity index (χ2v) is 10.5. The van der Waals surface area contributed by atoms with Gasteiger partial charge in [-0.2, -0.15) is 0 Å². The van der Waals surface area contributed by atoms with E-state index in [0.29, 0.717) is 19.0 Å². The Hall–Kier alpha value is -3.21. The number of rotatable bonds is 4. The fourth-order valence-electron chi connectivity index (χ4n) is 5.78. The molecule has 5 heteroatoms. The summed E-state index contributed by atoms with van der Waals surface area (Å²) in [5.41, 5.74) is 2.77. The van der Waals surface area contributed by atoms with Crippen LogP contribution in [0, 0.1) is 11.3 Å². The Morgan fingerprint density at radius 2 is 1.66 bits per heavy atom. The van der Waals surface area contributed by atoms with E-state index in [4.69, 9.17) is 0 Å². The number of amides is 2. The molecule has 1 aromatic heterocycles. The van der Waals surface area contributed by atoms with Crippen LogP contribution >= 0.6 is 0 Å². The maximum atomic E-state index is 13.6. The molecule has 1 atom stereocenters. The van der Waals surface area contributed by atoms with E-state index < -0.39 is 0 Å². The summed E-state index contributed by atoms with van der Waals surface area (Å²) in [4.78, 5) is 35.1. The lowest BCUT2D eigenvalue weighted by atomic mass is 9.78. The van der Waals surface area contributed by atoms with Crippen molar-refractivity contribution in [2.24, 2.45) is 11.3 Å². The quantitative estimate of drug-likeness (QED) is 0.518. The summed E-state index contributed by atoms with van der Waals surface area (Å²) >= 11 is 0. The number of carbonyl (C=O) groups is 2. The van der Waals surface area contributed by atoms with Gasteiger partial charge in [0.25, 0.3) is 5.91 Å². The van der Waals surface area contributed by atoms with E-state index in [9.17, 15) is 9.59 Å². The van der Waals surface area contributed by atoms with Gasteiger partial charge in [-0.3, -0.25) is 14.6 Å². The fourth-order valence-corrected chi connectivity index (χ4v) is 5.78. The summed E-state index contributed by atoms with van der Waals surface area (Å²) in [6, 6.07) is 20.0. The lowest BCUT2D eigenvalue weighted by Crippen LogP contribution is -2.50. The van der Waals surface area contributed by atoms with E-state index in [-0.39, 0.29) is 17.2 Å². The highest BCUT2D eigenvalue weighted by Gasteiger charge is 2.41. The number of hydrogen-bond donors (Lipinski definition) is 0. The number of pyridine rings is 1. The molecule has 2 amide bonds. The van der Waals surface area contributed by atoms with Crippen LogP contribution in [0.4, 0.5) is 0 Å². The minimum absolute atomic E-state index is 0.0700. The van der Waals surface area contributed by atoms with Gasteiger partial charge in [-0.25, -0.2) is 0 Å². The molecule has 5 nitrogen and oxygen atoms in total. The van der Waals surface area contributed by atoms with Crippen molar-refractivity contribution in [1.29, 1.82) is 0 Å². The van der Waals surface area contributed by atoms with Crippen molar-refractivity contribution < 1.29 is 9.59 Å². The van der Waals surface area contributed by atoms with Gasteiger partial charge in [0, 0.05) is 48.7 Å². The summed E-state index contributed by atoms with van der Waals surface area (Å²) in [7, 11) is 0. The van der Waals surface area contributed by atoms with E-state index >= 15 is 0 Å². The van der Waals surface area contributed by atoms with Crippen LogP contribution in [-0.4, -0.2) is 52.8 Å². The number of likely N-dealkylation sites (tertiary alicyclic amines) is 2. The lowest BCUT2D eigenvalue weighted by molar-refractivity contribution is -0.143. The molecule has 3 aromatic rings. The third kappa shape index (κ3) is 5.09. The molecule has 182 valence electrons. The van der Waals surface area contributed by atoms with Crippen molar-refractivity contribution in [3.8, 4) is 0 Å². The van der Waals surface area contributed by atoms with E-state index in [2.05, 4.69) is 41.1 Å². The molecular formula is C30H35N3O2. The molecule has 5 rings (SSSR count). The van der Waals surface area contributed by atoms with Crippen molar-refractivity contribution in [2.75, 3.05) is 26.2 Å². The Kier molecular flexibility index (Phi) is 6.85. The molecule has 0 radical (unpaired) electrons. The second kappa shape index (κ2) is 10.2. The molecule has 3 heterocycles. The predicted molar refractivity (Wildman–Crippen MR) is 139 cm³/mol. The summed E-state index contributed by atoms with van der Waals surface area (Å²) in [6.45, 7) is 5.04. The van der Waals surface area contributed by atoms with Crippen molar-refractivity contribution >= 4 is 22.7 Å². The standard InChI is InChI=1S/C30H35N3O2/c1-30(15-20-32(21-16-30)28(34)25-9-3-2-4-10-25)29(35)33-18-7-8-23(14-19-33)22-26-12-5-11-24-13-6-17-31-27(24)26/h2-6,9-13,17,23H,7-8,14-16,18-22H2,1H3/t23-/m1/s1. The van der Waals surface area contributed by atoms with Crippen molar-refractivity contribution in [1.82, 2.24) is 14.8 Å². The first-order valence-corrected chi connectivity index (χ1v) is 13.0. The largest absolute Gasteiger partial charge is 0.342 e. The van der Waals surface area contributed by atoms with Crippen molar-refractivity contribution in [3.05, 3.63) is 78.0 Å². The first-order valence-electron chi connectivity index (χ1n) is 13.0. The average Bonchev–Trinajstić information content (AvgIpc) is 3.14. The molecule has 0 N–H and O–H groups in total. The third-order valence-corrected chi connectivity index (χ3v) is 8.05. The second-order valence-electron chi connectivity index (χ2n) is 10.5. The summed E-state index contributed by atoms with van der Waals surface area (Å²) in [6.07, 6.45) is 7.57. The van der Waals surface area contributed by atoms with E-state index in [1.54, 1.807) is 0 Å². The number of benzene rings is 2. The number of fused-ring (bicyclic) bond motifs is 1. The number of para-hydroxylation sites is 1. The van der Waals surface area contributed by atoms with Gasteiger partial charge in [-0.1, -0.05) is 49.4 Å². The van der Waals surface area contributed by atoms with Crippen LogP contribution in [0.25, 0.3) is 10.9 Å². The zero-order chi connectivity index (χ0) is 24.3. The minimum atomic E-state index is -0.382. The maximum Gasteiger partial charge on any atom is 0.253 e. The normalized spacial score (nSPS) is 20.4. The summed E-state index contributed by atoms with van der Waals surface area (Å²) < 4.78 is 0. The summed E-state index contributed by atoms with van der Waals surface area (Å²) in [5.74, 6) is 0.913. The molecular weight excluding hydrogens is 434 g/mol. The molecule has 0 aliphatic carbocycles. The van der Waals surface area contributed by atoms with Crippen LogP contribution < -0.4 is 0 Å². The number of hydrogen-bond acceptors (Lipinski definition) is 3. The van der Waals surface area contributed by atoms with Crippen LogP contribution in [0.5, 0.6) is 0 Å². The van der Waals surface area contributed by atoms with E-state index in [1.807, 2.05) is 47.5 Å². The lowest BCUT2D eigenvalue weighted by Gasteiger charge is -2.41. The van der Waals surface area contributed by atoms with Gasteiger partial charge in [0.1, 0.15) is 0 Å². The monoisotopic (exact) mass is 469 g/mol. The van der Waals surface area contributed by atoms with Gasteiger partial charge in [-0.15, -0.1) is 0 Å². The van der Waals surface area contributed by atoms with Gasteiger partial charge in [0.2, 0.25) is 5.91 Å². The minimum Gasteiger partial charge on any atom is -0.342 e. The van der Waals surface area contributed by atoms with Crippen LogP contribution in [-0.2, 0) is 11.2 Å². The first-order chi connectivity index (χ1) is 17.0. The number of carbonyl (C=O) groups excluding carboxylic acids is 2. The van der Waals surface area contributed by atoms with Crippen molar-refractivity contribution in [3.63, 3.8) is 0 Å². The predicted octanol–water partition coefficient (Wildman–Crippen LogP) is 5.35. The number of nitrogens with zero attached hydrogens (tertiary/aromatic N) is 3. The molecule has 2 aliphatic rings.